The molecule has 0 fully saturated rings. The molecule has 0 aliphatic rings. The van der Waals surface area contributed by atoms with Gasteiger partial charge in [0, 0.05) is 17.6 Å². The molecule has 2 rings (SSSR count). The van der Waals surface area contributed by atoms with Crippen molar-refractivity contribution < 1.29 is 4.79 Å². The van der Waals surface area contributed by atoms with E-state index in [0.29, 0.717) is 27.6 Å². The monoisotopic (exact) mass is 379 g/mol. The molecule has 0 aliphatic carbocycles. The number of fused-ring (bicyclic) bond motifs is 1. The van der Waals surface area contributed by atoms with Gasteiger partial charge in [-0.05, 0) is 31.5 Å². The molecule has 0 spiro atoms. The molecule has 1 heterocycles. The Balaban J connectivity index is 2.26. The summed E-state index contributed by atoms with van der Waals surface area (Å²) in [6.45, 7) is 8.08. The number of rotatable bonds is 8. The van der Waals surface area contributed by atoms with Crippen LogP contribution in [-0.4, -0.2) is 27.3 Å². The van der Waals surface area contributed by atoms with Crippen LogP contribution in [0, 0.1) is 0 Å². The maximum absolute atomic E-state index is 12.7. The lowest BCUT2D eigenvalue weighted by Gasteiger charge is -2.14. The number of carbonyl (C=O) groups is 1. The van der Waals surface area contributed by atoms with E-state index in [1.54, 1.807) is 24.3 Å². The second-order valence-electron chi connectivity index (χ2n) is 5.81. The summed E-state index contributed by atoms with van der Waals surface area (Å²) in [5.41, 5.74) is 0.381. The highest BCUT2D eigenvalue weighted by molar-refractivity contribution is 7.99. The van der Waals surface area contributed by atoms with E-state index in [9.17, 15) is 9.59 Å². The molecule has 0 aliphatic heterocycles. The molecule has 7 heteroatoms. The molecule has 1 atom stereocenters. The summed E-state index contributed by atoms with van der Waals surface area (Å²) in [6, 6.07) is 5.16. The minimum absolute atomic E-state index is 0.0680. The van der Waals surface area contributed by atoms with Crippen LogP contribution >= 0.6 is 23.4 Å². The zero-order valence-corrected chi connectivity index (χ0v) is 16.0. The van der Waals surface area contributed by atoms with Gasteiger partial charge in [-0.3, -0.25) is 14.2 Å². The van der Waals surface area contributed by atoms with Crippen molar-refractivity contribution >= 4 is 40.2 Å². The molecule has 1 unspecified atom stereocenters. The van der Waals surface area contributed by atoms with Crippen LogP contribution in [0.2, 0.25) is 5.02 Å². The van der Waals surface area contributed by atoms with Crippen LogP contribution in [-0.2, 0) is 11.3 Å². The Hall–Kier alpha value is -1.79. The van der Waals surface area contributed by atoms with E-state index in [1.165, 1.54) is 16.3 Å². The third-order valence-electron chi connectivity index (χ3n) is 3.65. The van der Waals surface area contributed by atoms with Gasteiger partial charge in [-0.1, -0.05) is 42.8 Å². The molecule has 25 heavy (non-hydrogen) atoms. The van der Waals surface area contributed by atoms with Crippen molar-refractivity contribution in [3.8, 4) is 0 Å². The van der Waals surface area contributed by atoms with Crippen molar-refractivity contribution in [1.82, 2.24) is 14.9 Å². The molecule has 0 bridgehead atoms. The lowest BCUT2D eigenvalue weighted by atomic mass is 10.2. The molecule has 0 saturated carbocycles. The number of benzene rings is 1. The summed E-state index contributed by atoms with van der Waals surface area (Å²) in [6.07, 6.45) is 3.59. The maximum atomic E-state index is 12.7. The molecular weight excluding hydrogens is 358 g/mol. The first-order valence-corrected chi connectivity index (χ1v) is 9.55. The molecule has 1 N–H and O–H groups in total. The molecule has 0 radical (unpaired) electrons. The first-order chi connectivity index (χ1) is 12.0. The number of nitrogens with one attached hydrogen (secondary N) is 1. The summed E-state index contributed by atoms with van der Waals surface area (Å²) >= 11 is 7.23. The van der Waals surface area contributed by atoms with Crippen LogP contribution in [0.5, 0.6) is 0 Å². The molecule has 1 aromatic heterocycles. The number of amides is 1. The van der Waals surface area contributed by atoms with E-state index in [2.05, 4.69) is 23.8 Å². The Kier molecular flexibility index (Phi) is 7.08. The number of carbonyl (C=O) groups excluding carboxylic acids is 1. The largest absolute Gasteiger partial charge is 0.353 e. The predicted octanol–water partition coefficient (Wildman–Crippen LogP) is 3.63. The summed E-state index contributed by atoms with van der Waals surface area (Å²) in [4.78, 5) is 29.3. The van der Waals surface area contributed by atoms with Crippen molar-refractivity contribution in [2.75, 3.05) is 5.75 Å². The van der Waals surface area contributed by atoms with Crippen molar-refractivity contribution in [3.05, 3.63) is 46.2 Å². The molecular formula is C18H22ClN3O2S. The van der Waals surface area contributed by atoms with Gasteiger partial charge in [0.2, 0.25) is 5.91 Å². The van der Waals surface area contributed by atoms with Crippen LogP contribution in [0.4, 0.5) is 0 Å². The van der Waals surface area contributed by atoms with Gasteiger partial charge in [0.05, 0.1) is 16.7 Å². The zero-order valence-electron chi connectivity index (χ0n) is 14.4. The highest BCUT2D eigenvalue weighted by Gasteiger charge is 2.14. The molecule has 134 valence electrons. The topological polar surface area (TPSA) is 64.0 Å². The van der Waals surface area contributed by atoms with Gasteiger partial charge in [-0.2, -0.15) is 0 Å². The van der Waals surface area contributed by atoms with Crippen LogP contribution in [0.1, 0.15) is 26.7 Å². The number of allylic oxidation sites excluding steroid dienone is 1. The van der Waals surface area contributed by atoms with Gasteiger partial charge in [0.1, 0.15) is 0 Å². The lowest BCUT2D eigenvalue weighted by molar-refractivity contribution is -0.119. The molecule has 1 amide bonds. The van der Waals surface area contributed by atoms with E-state index in [-0.39, 0.29) is 23.3 Å². The molecule has 0 saturated heterocycles. The Morgan fingerprint density at radius 2 is 2.28 bits per heavy atom. The third-order valence-corrected chi connectivity index (χ3v) is 4.87. The Morgan fingerprint density at radius 3 is 2.96 bits per heavy atom. The predicted molar refractivity (Wildman–Crippen MR) is 104 cm³/mol. The first kappa shape index (κ1) is 19.5. The Labute approximate surface area is 156 Å². The van der Waals surface area contributed by atoms with Crippen molar-refractivity contribution in [1.29, 1.82) is 0 Å². The smallest absolute Gasteiger partial charge is 0.262 e. The third kappa shape index (κ3) is 5.09. The number of hydrogen-bond acceptors (Lipinski definition) is 4. The van der Waals surface area contributed by atoms with Gasteiger partial charge >= 0.3 is 0 Å². The summed E-state index contributed by atoms with van der Waals surface area (Å²) < 4.78 is 1.51. The van der Waals surface area contributed by atoms with Gasteiger partial charge in [0.15, 0.2) is 5.16 Å². The highest BCUT2D eigenvalue weighted by Crippen LogP contribution is 2.20. The fourth-order valence-electron chi connectivity index (χ4n) is 2.52. The second kappa shape index (κ2) is 9.06. The maximum Gasteiger partial charge on any atom is 0.262 e. The zero-order chi connectivity index (χ0) is 18.4. The summed E-state index contributed by atoms with van der Waals surface area (Å²) in [7, 11) is 0. The van der Waals surface area contributed by atoms with Crippen molar-refractivity contribution in [2.45, 2.75) is 44.4 Å². The number of aromatic nitrogens is 2. The minimum atomic E-state index is -0.186. The molecule has 2 aromatic rings. The number of halogens is 1. The number of nitrogens with zero attached hydrogens (tertiary/aromatic N) is 2. The minimum Gasteiger partial charge on any atom is -0.353 e. The van der Waals surface area contributed by atoms with Crippen molar-refractivity contribution in [3.63, 3.8) is 0 Å². The standard InChI is InChI=1S/C18H22ClN3O2S/c1-4-6-12(3)20-16(23)11-25-18-21-15-8-7-13(19)10-14(15)17(24)22(18)9-5-2/h5,7-8,10,12H,2,4,6,9,11H2,1,3H3,(H,20,23). The number of thioether (sulfide) groups is 1. The fraction of sp³-hybridized carbons (Fsp3) is 0.389. The lowest BCUT2D eigenvalue weighted by Crippen LogP contribution is -2.34. The van der Waals surface area contributed by atoms with Crippen LogP contribution in [0.3, 0.4) is 0 Å². The Morgan fingerprint density at radius 1 is 1.52 bits per heavy atom. The summed E-state index contributed by atoms with van der Waals surface area (Å²) in [5.74, 6) is 0.137. The average Bonchev–Trinajstić information content (AvgIpc) is 2.56. The second-order valence-corrected chi connectivity index (χ2v) is 7.19. The molecule has 1 aromatic carbocycles. The fourth-order valence-corrected chi connectivity index (χ4v) is 3.52. The van der Waals surface area contributed by atoms with Crippen LogP contribution in [0.15, 0.2) is 40.8 Å². The normalized spacial score (nSPS) is 12.1. The number of hydrogen-bond donors (Lipinski definition) is 1. The van der Waals surface area contributed by atoms with Gasteiger partial charge in [-0.25, -0.2) is 4.98 Å². The van der Waals surface area contributed by atoms with Gasteiger partial charge in [-0.15, -0.1) is 6.58 Å². The molecule has 5 nitrogen and oxygen atoms in total. The van der Waals surface area contributed by atoms with E-state index in [1.807, 2.05) is 6.92 Å². The van der Waals surface area contributed by atoms with E-state index in [4.69, 9.17) is 11.6 Å². The van der Waals surface area contributed by atoms with Gasteiger partial charge < -0.3 is 5.32 Å². The van der Waals surface area contributed by atoms with E-state index in [0.717, 1.165) is 12.8 Å². The van der Waals surface area contributed by atoms with Crippen LogP contribution in [0.25, 0.3) is 10.9 Å². The van der Waals surface area contributed by atoms with E-state index < -0.39 is 0 Å². The van der Waals surface area contributed by atoms with E-state index >= 15 is 0 Å². The highest BCUT2D eigenvalue weighted by atomic mass is 35.5. The quantitative estimate of drug-likeness (QED) is 0.432. The first-order valence-electron chi connectivity index (χ1n) is 8.19. The Bertz CT molecular complexity index is 835. The van der Waals surface area contributed by atoms with Crippen LogP contribution < -0.4 is 10.9 Å². The summed E-state index contributed by atoms with van der Waals surface area (Å²) in [5, 5.41) is 4.39. The SMILES string of the molecule is C=CCn1c(SCC(=O)NC(C)CCC)nc2ccc(Cl)cc2c1=O. The average molecular weight is 380 g/mol. The van der Waals surface area contributed by atoms with Crippen molar-refractivity contribution in [2.24, 2.45) is 0 Å². The van der Waals surface area contributed by atoms with Gasteiger partial charge in [0.25, 0.3) is 5.56 Å².